The molecule has 12 heteroatoms. The van der Waals surface area contributed by atoms with E-state index in [9.17, 15) is 13.2 Å². The third-order valence-electron chi connectivity index (χ3n) is 6.43. The van der Waals surface area contributed by atoms with Crippen LogP contribution in [0.2, 0.25) is 0 Å². The molecular formula is C18H31Cl2N5O4S. The number of likely N-dealkylation sites (tertiary alicyclic amines) is 1. The van der Waals surface area contributed by atoms with Crippen LogP contribution in [-0.4, -0.2) is 77.5 Å². The summed E-state index contributed by atoms with van der Waals surface area (Å²) < 4.78 is 27.7. The van der Waals surface area contributed by atoms with Crippen LogP contribution in [0, 0.1) is 11.3 Å². The molecule has 4 rings (SSSR count). The lowest BCUT2D eigenvalue weighted by Crippen LogP contribution is -2.36. The van der Waals surface area contributed by atoms with E-state index >= 15 is 0 Å². The van der Waals surface area contributed by atoms with E-state index in [4.69, 9.17) is 10.2 Å². The van der Waals surface area contributed by atoms with Gasteiger partial charge in [0.1, 0.15) is 0 Å². The molecule has 0 saturated carbocycles. The summed E-state index contributed by atoms with van der Waals surface area (Å²) in [6, 6.07) is 2.15. The second-order valence-electron chi connectivity index (χ2n) is 8.56. The summed E-state index contributed by atoms with van der Waals surface area (Å²) in [6.45, 7) is 5.91. The van der Waals surface area contributed by atoms with E-state index in [1.807, 2.05) is 0 Å². The van der Waals surface area contributed by atoms with Crippen molar-refractivity contribution in [3.05, 3.63) is 17.5 Å². The molecule has 3 aliphatic rings. The van der Waals surface area contributed by atoms with Gasteiger partial charge in [-0.25, -0.2) is 12.7 Å². The molecule has 0 aromatic carbocycles. The average Bonchev–Trinajstić information content (AvgIpc) is 3.19. The van der Waals surface area contributed by atoms with Gasteiger partial charge in [-0.2, -0.15) is 5.10 Å². The molecule has 172 valence electrons. The van der Waals surface area contributed by atoms with Crippen molar-refractivity contribution in [1.82, 2.24) is 24.3 Å². The highest BCUT2D eigenvalue weighted by molar-refractivity contribution is 7.88. The first kappa shape index (κ1) is 25.4. The number of carboxylic acid groups (broad SMARTS) is 1. The van der Waals surface area contributed by atoms with Gasteiger partial charge in [-0.05, 0) is 31.4 Å². The van der Waals surface area contributed by atoms with Gasteiger partial charge in [-0.15, -0.1) is 24.8 Å². The van der Waals surface area contributed by atoms with Crippen LogP contribution < -0.4 is 5.32 Å². The standard InChI is InChI=1S/C18H29N5O4S.2ClH/c1-28(26,27)22-10-14-9-21(12-18(14,13-22)4-3-17(24)25)11-15-7-16-8-19-5-2-6-23(16)20-15;;/h7,14,19H,2-6,8-13H2,1H3,(H,24,25);2*1H/t14-,18+;;/m0../s1. The summed E-state index contributed by atoms with van der Waals surface area (Å²) in [7, 11) is -3.26. The van der Waals surface area contributed by atoms with Crippen LogP contribution in [0.25, 0.3) is 0 Å². The Labute approximate surface area is 190 Å². The van der Waals surface area contributed by atoms with Crippen molar-refractivity contribution in [2.45, 2.75) is 38.9 Å². The number of rotatable bonds is 6. The predicted octanol–water partition coefficient (Wildman–Crippen LogP) is 0.778. The SMILES string of the molecule is CS(=O)(=O)N1C[C@@H]2CN(Cc3cc4n(n3)CCCNC4)C[C@]2(CCC(=O)O)C1.Cl.Cl. The number of aliphatic carboxylic acids is 1. The molecule has 2 atom stereocenters. The van der Waals surface area contributed by atoms with Crippen LogP contribution in [-0.2, 0) is 34.5 Å². The molecule has 0 amide bonds. The quantitative estimate of drug-likeness (QED) is 0.615. The van der Waals surface area contributed by atoms with Crippen molar-refractivity contribution in [3.63, 3.8) is 0 Å². The summed E-state index contributed by atoms with van der Waals surface area (Å²) in [4.78, 5) is 13.5. The van der Waals surface area contributed by atoms with Gasteiger partial charge < -0.3 is 10.4 Å². The van der Waals surface area contributed by atoms with Crippen LogP contribution in [0.5, 0.6) is 0 Å². The molecular weight excluding hydrogens is 453 g/mol. The predicted molar refractivity (Wildman–Crippen MR) is 118 cm³/mol. The first-order chi connectivity index (χ1) is 13.2. The summed E-state index contributed by atoms with van der Waals surface area (Å²) in [5.41, 5.74) is 1.96. The van der Waals surface area contributed by atoms with E-state index in [2.05, 4.69) is 21.0 Å². The lowest BCUT2D eigenvalue weighted by Gasteiger charge is -2.28. The number of carboxylic acids is 1. The first-order valence-corrected chi connectivity index (χ1v) is 11.8. The van der Waals surface area contributed by atoms with Gasteiger partial charge in [0, 0.05) is 57.6 Å². The zero-order valence-corrected chi connectivity index (χ0v) is 19.6. The maximum absolute atomic E-state index is 12.0. The lowest BCUT2D eigenvalue weighted by atomic mass is 9.77. The molecule has 2 fully saturated rings. The number of aryl methyl sites for hydroxylation is 1. The van der Waals surface area contributed by atoms with Gasteiger partial charge in [0.15, 0.2) is 0 Å². The van der Waals surface area contributed by atoms with Crippen LogP contribution >= 0.6 is 24.8 Å². The third kappa shape index (κ3) is 5.28. The van der Waals surface area contributed by atoms with E-state index in [1.54, 1.807) is 0 Å². The van der Waals surface area contributed by atoms with E-state index < -0.39 is 16.0 Å². The molecule has 4 heterocycles. The molecule has 0 spiro atoms. The molecule has 2 N–H and O–H groups in total. The number of sulfonamides is 1. The molecule has 3 aliphatic heterocycles. The van der Waals surface area contributed by atoms with Crippen molar-refractivity contribution < 1.29 is 18.3 Å². The smallest absolute Gasteiger partial charge is 0.303 e. The number of carbonyl (C=O) groups is 1. The summed E-state index contributed by atoms with van der Waals surface area (Å²) in [5, 5.41) is 17.3. The Hall–Kier alpha value is -0.910. The Morgan fingerprint density at radius 3 is 2.80 bits per heavy atom. The Kier molecular flexibility index (Phi) is 8.20. The minimum absolute atomic E-state index is 0. The number of hydrogen-bond donors (Lipinski definition) is 2. The van der Waals surface area contributed by atoms with E-state index in [-0.39, 0.29) is 42.6 Å². The molecule has 2 saturated heterocycles. The van der Waals surface area contributed by atoms with Crippen LogP contribution in [0.15, 0.2) is 6.07 Å². The normalized spacial score (nSPS) is 26.9. The van der Waals surface area contributed by atoms with Crippen molar-refractivity contribution in [3.8, 4) is 0 Å². The summed E-state index contributed by atoms with van der Waals surface area (Å²) in [5.74, 6) is -0.654. The fourth-order valence-corrected chi connectivity index (χ4v) is 6.00. The second kappa shape index (κ2) is 9.70. The van der Waals surface area contributed by atoms with Gasteiger partial charge in [0.05, 0.1) is 17.6 Å². The summed E-state index contributed by atoms with van der Waals surface area (Å²) >= 11 is 0. The second-order valence-corrected chi connectivity index (χ2v) is 10.5. The van der Waals surface area contributed by atoms with E-state index in [1.165, 1.54) is 16.3 Å². The van der Waals surface area contributed by atoms with Crippen molar-refractivity contribution >= 4 is 40.8 Å². The van der Waals surface area contributed by atoms with Gasteiger partial charge in [-0.1, -0.05) is 0 Å². The van der Waals surface area contributed by atoms with Crippen molar-refractivity contribution in [2.75, 3.05) is 39.0 Å². The molecule has 30 heavy (non-hydrogen) atoms. The number of halogens is 2. The van der Waals surface area contributed by atoms with Crippen LogP contribution in [0.3, 0.4) is 0 Å². The molecule has 0 bridgehead atoms. The number of hydrogen-bond acceptors (Lipinski definition) is 6. The Balaban J connectivity index is 0.00000160. The fourth-order valence-electron chi connectivity index (χ4n) is 5.06. The maximum atomic E-state index is 12.0. The van der Waals surface area contributed by atoms with E-state index in [0.29, 0.717) is 19.5 Å². The molecule has 0 unspecified atom stereocenters. The van der Waals surface area contributed by atoms with E-state index in [0.717, 1.165) is 51.4 Å². The number of aromatic nitrogens is 2. The monoisotopic (exact) mass is 483 g/mol. The number of nitrogens with zero attached hydrogens (tertiary/aromatic N) is 4. The summed E-state index contributed by atoms with van der Waals surface area (Å²) in [6.07, 6.45) is 2.90. The Bertz CT molecular complexity index is 841. The molecule has 0 radical (unpaired) electrons. The number of nitrogens with one attached hydrogen (secondary N) is 1. The zero-order chi connectivity index (χ0) is 19.9. The maximum Gasteiger partial charge on any atom is 0.303 e. The molecule has 9 nitrogen and oxygen atoms in total. The zero-order valence-electron chi connectivity index (χ0n) is 17.1. The van der Waals surface area contributed by atoms with Gasteiger partial charge >= 0.3 is 5.97 Å². The highest BCUT2D eigenvalue weighted by atomic mass is 35.5. The van der Waals surface area contributed by atoms with Gasteiger partial charge in [0.2, 0.25) is 10.0 Å². The minimum atomic E-state index is -3.26. The topological polar surface area (TPSA) is 108 Å². The molecule has 1 aromatic heterocycles. The lowest BCUT2D eigenvalue weighted by molar-refractivity contribution is -0.137. The minimum Gasteiger partial charge on any atom is -0.481 e. The molecule has 1 aromatic rings. The van der Waals surface area contributed by atoms with Crippen LogP contribution in [0.1, 0.15) is 30.7 Å². The first-order valence-electron chi connectivity index (χ1n) is 9.91. The highest BCUT2D eigenvalue weighted by Crippen LogP contribution is 2.46. The molecule has 0 aliphatic carbocycles. The van der Waals surface area contributed by atoms with Crippen LogP contribution in [0.4, 0.5) is 0 Å². The fraction of sp³-hybridized carbons (Fsp3) is 0.778. The Morgan fingerprint density at radius 1 is 1.33 bits per heavy atom. The van der Waals surface area contributed by atoms with Gasteiger partial charge in [-0.3, -0.25) is 14.4 Å². The van der Waals surface area contributed by atoms with Crippen molar-refractivity contribution in [1.29, 1.82) is 0 Å². The highest BCUT2D eigenvalue weighted by Gasteiger charge is 2.53. The average molecular weight is 484 g/mol. The van der Waals surface area contributed by atoms with Gasteiger partial charge in [0.25, 0.3) is 0 Å². The number of fused-ring (bicyclic) bond motifs is 2. The third-order valence-corrected chi connectivity index (χ3v) is 7.65. The van der Waals surface area contributed by atoms with Crippen molar-refractivity contribution in [2.24, 2.45) is 11.3 Å². The largest absolute Gasteiger partial charge is 0.481 e. The Morgan fingerprint density at radius 2 is 2.10 bits per heavy atom.